The fraction of sp³-hybridized carbons (Fsp3) is 0.476. The Bertz CT molecular complexity index is 797. The molecule has 7 nitrogen and oxygen atoms in total. The van der Waals surface area contributed by atoms with Gasteiger partial charge in [-0.15, -0.1) is 0 Å². The second-order valence-electron chi connectivity index (χ2n) is 7.54. The predicted molar refractivity (Wildman–Crippen MR) is 109 cm³/mol. The quantitative estimate of drug-likeness (QED) is 0.763. The number of nitrogens with zero attached hydrogens (tertiary/aromatic N) is 2. The van der Waals surface area contributed by atoms with Crippen LogP contribution in [0.25, 0.3) is 0 Å². The van der Waals surface area contributed by atoms with Crippen LogP contribution in [0.3, 0.4) is 0 Å². The molecule has 2 aliphatic rings. The molecule has 1 heterocycles. The molecule has 1 aliphatic heterocycles. The number of amides is 4. The van der Waals surface area contributed by atoms with E-state index in [9.17, 15) is 14.4 Å². The Morgan fingerprint density at radius 3 is 2.54 bits per heavy atom. The summed E-state index contributed by atoms with van der Waals surface area (Å²) in [6.07, 6.45) is 6.41. The summed E-state index contributed by atoms with van der Waals surface area (Å²) >= 11 is 0. The lowest BCUT2D eigenvalue weighted by atomic mass is 9.91. The molecule has 0 unspecified atom stereocenters. The van der Waals surface area contributed by atoms with E-state index in [0.717, 1.165) is 43.5 Å². The van der Waals surface area contributed by atoms with Crippen LogP contribution in [0.4, 0.5) is 16.2 Å². The van der Waals surface area contributed by atoms with Crippen LogP contribution in [0.2, 0.25) is 0 Å². The average molecular weight is 384 g/mol. The fourth-order valence-corrected chi connectivity index (χ4v) is 3.89. The summed E-state index contributed by atoms with van der Waals surface area (Å²) in [5.41, 5.74) is 2.26. The number of benzene rings is 1. The van der Waals surface area contributed by atoms with E-state index in [-0.39, 0.29) is 6.04 Å². The monoisotopic (exact) mass is 384 g/mol. The molecule has 1 saturated carbocycles. The maximum absolute atomic E-state index is 13.2. The second kappa shape index (κ2) is 8.46. The number of nitrogens with one attached hydrogen (secondary N) is 2. The fourth-order valence-electron chi connectivity index (χ4n) is 3.89. The van der Waals surface area contributed by atoms with Gasteiger partial charge in [-0.25, -0.2) is 4.79 Å². The van der Waals surface area contributed by atoms with Crippen molar-refractivity contribution in [2.75, 3.05) is 24.3 Å². The molecule has 0 bridgehead atoms. The molecule has 0 spiro atoms. The largest absolute Gasteiger partial charge is 0.378 e. The number of allylic oxidation sites excluding steroid dienone is 1. The molecule has 28 heavy (non-hydrogen) atoms. The average Bonchev–Trinajstić information content (AvgIpc) is 2.67. The molecule has 150 valence electrons. The van der Waals surface area contributed by atoms with Crippen LogP contribution < -0.4 is 15.5 Å². The molecular formula is C21H28N4O3. The summed E-state index contributed by atoms with van der Waals surface area (Å²) in [7, 11) is 3.89. The highest BCUT2D eigenvalue weighted by Crippen LogP contribution is 2.29. The lowest BCUT2D eigenvalue weighted by molar-refractivity contribution is -0.142. The number of anilines is 2. The molecule has 1 saturated heterocycles. The zero-order valence-electron chi connectivity index (χ0n) is 16.7. The van der Waals surface area contributed by atoms with E-state index in [1.54, 1.807) is 13.0 Å². The Morgan fingerprint density at radius 2 is 1.89 bits per heavy atom. The predicted octanol–water partition coefficient (Wildman–Crippen LogP) is 3.10. The molecule has 1 aromatic rings. The van der Waals surface area contributed by atoms with Crippen LogP contribution in [-0.4, -0.2) is 42.9 Å². The Hall–Kier alpha value is -2.83. The Labute approximate surface area is 165 Å². The minimum Gasteiger partial charge on any atom is -0.378 e. The van der Waals surface area contributed by atoms with Crippen LogP contribution in [0, 0.1) is 5.92 Å². The highest BCUT2D eigenvalue weighted by molar-refractivity contribution is 6.18. The van der Waals surface area contributed by atoms with E-state index in [2.05, 4.69) is 10.6 Å². The van der Waals surface area contributed by atoms with Gasteiger partial charge >= 0.3 is 6.03 Å². The highest BCUT2D eigenvalue weighted by atomic mass is 16.2. The van der Waals surface area contributed by atoms with E-state index in [1.165, 1.54) is 4.90 Å². The van der Waals surface area contributed by atoms with E-state index < -0.39 is 23.8 Å². The van der Waals surface area contributed by atoms with Gasteiger partial charge in [0.05, 0.1) is 0 Å². The van der Waals surface area contributed by atoms with Crippen LogP contribution in [0.5, 0.6) is 0 Å². The Balaban J connectivity index is 1.84. The number of hydrogen-bond acceptors (Lipinski definition) is 5. The standard InChI is InChI=1S/C21H28N4O3/c1-4-17(22-14-9-8-12-16(13-14)24(2)3)18-19(26)23-21(28)25(20(18)27)15-10-6-5-7-11-15/h4,8-9,12-13,15,18,22H,5-7,10-11H2,1-3H3,(H,23,26,28)/b17-4+/t18-/m0/s1. The summed E-state index contributed by atoms with van der Waals surface area (Å²) < 4.78 is 0. The lowest BCUT2D eigenvalue weighted by Gasteiger charge is -2.38. The van der Waals surface area contributed by atoms with Gasteiger partial charge in [-0.05, 0) is 38.0 Å². The smallest absolute Gasteiger partial charge is 0.331 e. The third-order valence-electron chi connectivity index (χ3n) is 5.41. The van der Waals surface area contributed by atoms with Crippen molar-refractivity contribution in [3.05, 3.63) is 36.0 Å². The van der Waals surface area contributed by atoms with Crippen molar-refractivity contribution in [3.63, 3.8) is 0 Å². The molecule has 0 radical (unpaired) electrons. The first-order valence-electron chi connectivity index (χ1n) is 9.81. The lowest BCUT2D eigenvalue weighted by Crippen LogP contribution is -2.61. The maximum atomic E-state index is 13.2. The van der Waals surface area contributed by atoms with E-state index >= 15 is 0 Å². The SMILES string of the molecule is C/C=C(/Nc1cccc(N(C)C)c1)[C@H]1C(=O)NC(=O)N(C2CCCCC2)C1=O. The van der Waals surface area contributed by atoms with Gasteiger partial charge in [-0.3, -0.25) is 19.8 Å². The van der Waals surface area contributed by atoms with E-state index in [0.29, 0.717) is 5.70 Å². The first-order valence-corrected chi connectivity index (χ1v) is 9.81. The highest BCUT2D eigenvalue weighted by Gasteiger charge is 2.45. The second-order valence-corrected chi connectivity index (χ2v) is 7.54. The minimum atomic E-state index is -1.05. The first kappa shape index (κ1) is 19.9. The van der Waals surface area contributed by atoms with Crippen molar-refractivity contribution in [1.29, 1.82) is 0 Å². The number of carbonyl (C=O) groups is 3. The normalized spacial score (nSPS) is 21.5. The van der Waals surface area contributed by atoms with Gasteiger partial charge in [-0.1, -0.05) is 31.4 Å². The summed E-state index contributed by atoms with van der Waals surface area (Å²) in [5, 5.41) is 5.58. The maximum Gasteiger partial charge on any atom is 0.331 e. The molecule has 7 heteroatoms. The number of barbiturate groups is 1. The van der Waals surface area contributed by atoms with Gasteiger partial charge in [0.2, 0.25) is 11.8 Å². The van der Waals surface area contributed by atoms with Crippen LogP contribution in [0.1, 0.15) is 39.0 Å². The zero-order valence-corrected chi connectivity index (χ0v) is 16.7. The van der Waals surface area contributed by atoms with Crippen molar-refractivity contribution in [3.8, 4) is 0 Å². The number of carbonyl (C=O) groups excluding carboxylic acids is 3. The van der Waals surface area contributed by atoms with Gasteiger partial charge < -0.3 is 10.2 Å². The van der Waals surface area contributed by atoms with Crippen molar-refractivity contribution < 1.29 is 14.4 Å². The van der Waals surface area contributed by atoms with E-state index in [4.69, 9.17) is 0 Å². The molecule has 1 aliphatic carbocycles. The number of rotatable bonds is 5. The molecule has 0 aromatic heterocycles. The van der Waals surface area contributed by atoms with Crippen molar-refractivity contribution in [1.82, 2.24) is 10.2 Å². The van der Waals surface area contributed by atoms with Crippen LogP contribution in [-0.2, 0) is 9.59 Å². The van der Waals surface area contributed by atoms with Crippen molar-refractivity contribution in [2.24, 2.45) is 5.92 Å². The van der Waals surface area contributed by atoms with Gasteiger partial charge in [0.15, 0.2) is 5.92 Å². The number of hydrogen-bond donors (Lipinski definition) is 2. The summed E-state index contributed by atoms with van der Waals surface area (Å²) in [6.45, 7) is 1.78. The van der Waals surface area contributed by atoms with Crippen molar-refractivity contribution >= 4 is 29.2 Å². The van der Waals surface area contributed by atoms with E-state index in [1.807, 2.05) is 43.3 Å². The minimum absolute atomic E-state index is 0.132. The molecule has 2 N–H and O–H groups in total. The van der Waals surface area contributed by atoms with Gasteiger partial charge in [0.25, 0.3) is 0 Å². The number of imide groups is 2. The van der Waals surface area contributed by atoms with Gasteiger partial charge in [-0.2, -0.15) is 0 Å². The topological polar surface area (TPSA) is 81.8 Å². The van der Waals surface area contributed by atoms with Gasteiger partial charge in [0, 0.05) is 37.2 Å². The Kier molecular flexibility index (Phi) is 6.02. The molecule has 3 rings (SSSR count). The van der Waals surface area contributed by atoms with Crippen LogP contribution >= 0.6 is 0 Å². The zero-order chi connectivity index (χ0) is 20.3. The molecule has 1 atom stereocenters. The summed E-state index contributed by atoms with van der Waals surface area (Å²) in [6, 6.07) is 6.98. The molecule has 1 aromatic carbocycles. The molecule has 4 amide bonds. The first-order chi connectivity index (χ1) is 13.4. The van der Waals surface area contributed by atoms with Crippen LogP contribution in [0.15, 0.2) is 36.0 Å². The number of urea groups is 1. The summed E-state index contributed by atoms with van der Waals surface area (Å²) in [5.74, 6) is -2.07. The summed E-state index contributed by atoms with van der Waals surface area (Å²) in [4.78, 5) is 41.3. The van der Waals surface area contributed by atoms with Crippen molar-refractivity contribution in [2.45, 2.75) is 45.1 Å². The van der Waals surface area contributed by atoms with Gasteiger partial charge in [0.1, 0.15) is 0 Å². The third kappa shape index (κ3) is 4.03. The third-order valence-corrected chi connectivity index (χ3v) is 5.41. The Morgan fingerprint density at radius 1 is 1.18 bits per heavy atom. The molecular weight excluding hydrogens is 356 g/mol. The molecule has 2 fully saturated rings.